The van der Waals surface area contributed by atoms with Crippen molar-refractivity contribution in [3.8, 4) is 0 Å². The summed E-state index contributed by atoms with van der Waals surface area (Å²) >= 11 is 1.89. The summed E-state index contributed by atoms with van der Waals surface area (Å²) in [5.74, 6) is -0.128. The third-order valence-electron chi connectivity index (χ3n) is 5.64. The van der Waals surface area contributed by atoms with E-state index < -0.39 is 46.3 Å². The second kappa shape index (κ2) is 9.26. The average Bonchev–Trinajstić information content (AvgIpc) is 3.31. The van der Waals surface area contributed by atoms with Gasteiger partial charge in [0, 0.05) is 22.9 Å². The Hall–Kier alpha value is -1.36. The predicted molar refractivity (Wildman–Crippen MR) is 129 cm³/mol. The molecule has 190 valence electrons. The van der Waals surface area contributed by atoms with Crippen molar-refractivity contribution in [1.29, 1.82) is 0 Å². The number of aliphatic hydroxyl groups is 1. The van der Waals surface area contributed by atoms with Gasteiger partial charge in [-0.3, -0.25) is 4.79 Å². The number of hydrogen-bond acceptors (Lipinski definition) is 10. The van der Waals surface area contributed by atoms with Gasteiger partial charge in [0.05, 0.1) is 22.6 Å². The van der Waals surface area contributed by atoms with E-state index in [4.69, 9.17) is 5.14 Å². The summed E-state index contributed by atoms with van der Waals surface area (Å²) in [6.07, 6.45) is -0.448. The number of carbonyl (C=O) groups is 1. The molecule has 4 N–H and O–H groups in total. The van der Waals surface area contributed by atoms with Crippen molar-refractivity contribution < 1.29 is 35.2 Å². The molecule has 4 atom stereocenters. The summed E-state index contributed by atoms with van der Waals surface area (Å²) in [4.78, 5) is 12.1. The molecule has 4 unspecified atom stereocenters. The van der Waals surface area contributed by atoms with Crippen molar-refractivity contribution >= 4 is 58.3 Å². The van der Waals surface area contributed by atoms with Crippen molar-refractivity contribution in [2.24, 2.45) is 5.14 Å². The minimum absolute atomic E-state index is 0.0656. The maximum atomic E-state index is 12.1. The maximum Gasteiger partial charge on any atom is 0.247 e. The number of thiophene rings is 2. The van der Waals surface area contributed by atoms with Crippen molar-refractivity contribution in [3.63, 3.8) is 0 Å². The molecule has 0 bridgehead atoms. The Kier molecular flexibility index (Phi) is 7.42. The number of nitrogens with one attached hydrogen (secondary N) is 1. The highest BCUT2D eigenvalue weighted by Gasteiger charge is 2.39. The van der Waals surface area contributed by atoms with Crippen molar-refractivity contribution in [2.75, 3.05) is 0 Å². The van der Waals surface area contributed by atoms with Crippen LogP contribution in [0.3, 0.4) is 0 Å². The highest BCUT2D eigenvalue weighted by molar-refractivity contribution is 7.95. The van der Waals surface area contributed by atoms with E-state index in [9.17, 15) is 35.2 Å². The Balaban J connectivity index is 0.000000191. The van der Waals surface area contributed by atoms with E-state index in [-0.39, 0.29) is 32.4 Å². The van der Waals surface area contributed by atoms with Crippen LogP contribution in [0.5, 0.6) is 0 Å². The van der Waals surface area contributed by atoms with Gasteiger partial charge in [0.1, 0.15) is 12.6 Å². The monoisotopic (exact) mass is 570 g/mol. The SMILES string of the molecule is CC(=O)NC1CC(C)S(=O)(=O)c2sc(C)cc21.CC1CC(O)c2cc(S(N)(=O)=O)sc2S1(=O)=O. The lowest BCUT2D eigenvalue weighted by Crippen LogP contribution is -2.35. The molecule has 0 saturated carbocycles. The number of fused-ring (bicyclic) bond motifs is 2. The van der Waals surface area contributed by atoms with Crippen LogP contribution in [0.4, 0.5) is 0 Å². The van der Waals surface area contributed by atoms with Crippen LogP contribution in [-0.4, -0.2) is 46.8 Å². The molecule has 0 aliphatic carbocycles. The van der Waals surface area contributed by atoms with Crippen LogP contribution < -0.4 is 10.5 Å². The first kappa shape index (κ1) is 27.2. The predicted octanol–water partition coefficient (Wildman–Crippen LogP) is 1.79. The largest absolute Gasteiger partial charge is 0.388 e. The van der Waals surface area contributed by atoms with Gasteiger partial charge in [-0.2, -0.15) is 0 Å². The zero-order valence-corrected chi connectivity index (χ0v) is 22.9. The number of sulfonamides is 1. The lowest BCUT2D eigenvalue weighted by molar-refractivity contribution is -0.119. The lowest BCUT2D eigenvalue weighted by atomic mass is 10.0. The average molecular weight is 571 g/mol. The molecule has 1 amide bonds. The maximum absolute atomic E-state index is 12.1. The van der Waals surface area contributed by atoms with Gasteiger partial charge in [0.25, 0.3) is 0 Å². The molecule has 2 aromatic rings. The highest BCUT2D eigenvalue weighted by Crippen LogP contribution is 2.43. The number of primary sulfonamides is 1. The number of aliphatic hydroxyl groups excluding tert-OH is 1. The molecular formula is C19H26N2O8S5. The number of aryl methyl sites for hydroxylation is 1. The van der Waals surface area contributed by atoms with Crippen molar-refractivity contribution in [3.05, 3.63) is 28.1 Å². The fourth-order valence-corrected chi connectivity index (χ4v) is 11.7. The summed E-state index contributed by atoms with van der Waals surface area (Å²) in [6, 6.07) is 2.83. The molecule has 0 spiro atoms. The van der Waals surface area contributed by atoms with Crippen LogP contribution in [0.25, 0.3) is 0 Å². The Morgan fingerprint density at radius 2 is 1.56 bits per heavy atom. The summed E-state index contributed by atoms with van der Waals surface area (Å²) in [7, 11) is -10.7. The molecular weight excluding hydrogens is 545 g/mol. The Bertz CT molecular complexity index is 1440. The third-order valence-corrected chi connectivity index (χ3v) is 14.8. The second-order valence-electron chi connectivity index (χ2n) is 8.40. The number of sulfone groups is 2. The fraction of sp³-hybridized carbons (Fsp3) is 0.526. The fourth-order valence-electron chi connectivity index (χ4n) is 3.84. The first-order valence-electron chi connectivity index (χ1n) is 10.2. The lowest BCUT2D eigenvalue weighted by Gasteiger charge is -2.27. The van der Waals surface area contributed by atoms with E-state index in [1.165, 1.54) is 25.2 Å². The summed E-state index contributed by atoms with van der Waals surface area (Å²) in [5.41, 5.74) is 0.887. The Labute approximate surface area is 207 Å². The number of carbonyl (C=O) groups excluding carboxylic acids is 1. The molecule has 2 aromatic heterocycles. The topological polar surface area (TPSA) is 178 Å². The van der Waals surface area contributed by atoms with Gasteiger partial charge < -0.3 is 10.4 Å². The molecule has 0 aromatic carbocycles. The van der Waals surface area contributed by atoms with Gasteiger partial charge in [-0.05, 0) is 45.7 Å². The van der Waals surface area contributed by atoms with Crippen LogP contribution in [0.2, 0.25) is 0 Å². The molecule has 2 aliphatic rings. The molecule has 0 radical (unpaired) electrons. The van der Waals surface area contributed by atoms with Crippen molar-refractivity contribution in [2.45, 2.75) is 75.8 Å². The van der Waals surface area contributed by atoms with Gasteiger partial charge in [-0.25, -0.2) is 30.4 Å². The van der Waals surface area contributed by atoms with E-state index in [2.05, 4.69) is 5.32 Å². The molecule has 4 rings (SSSR count). The zero-order chi connectivity index (χ0) is 25.8. The smallest absolute Gasteiger partial charge is 0.247 e. The quantitative estimate of drug-likeness (QED) is 0.489. The van der Waals surface area contributed by atoms with Crippen LogP contribution in [0, 0.1) is 6.92 Å². The van der Waals surface area contributed by atoms with E-state index >= 15 is 0 Å². The Morgan fingerprint density at radius 3 is 2.09 bits per heavy atom. The molecule has 0 fully saturated rings. The Morgan fingerprint density at radius 1 is 1.03 bits per heavy atom. The summed E-state index contributed by atoms with van der Waals surface area (Å²) < 4.78 is 70.6. The van der Waals surface area contributed by atoms with Crippen LogP contribution in [-0.2, 0) is 34.5 Å². The molecule has 34 heavy (non-hydrogen) atoms. The van der Waals surface area contributed by atoms with Crippen molar-refractivity contribution in [1.82, 2.24) is 5.32 Å². The molecule has 4 heterocycles. The first-order chi connectivity index (χ1) is 15.5. The van der Waals surface area contributed by atoms with Gasteiger partial charge in [0.15, 0.2) is 19.7 Å². The number of hydrogen-bond donors (Lipinski definition) is 3. The van der Waals surface area contributed by atoms with Crippen LogP contribution >= 0.6 is 22.7 Å². The van der Waals surface area contributed by atoms with Gasteiger partial charge >= 0.3 is 0 Å². The highest BCUT2D eigenvalue weighted by atomic mass is 32.3. The van der Waals surface area contributed by atoms with Gasteiger partial charge in [-0.1, -0.05) is 0 Å². The third kappa shape index (κ3) is 5.10. The van der Waals surface area contributed by atoms with E-state index in [1.54, 1.807) is 6.92 Å². The molecule has 10 nitrogen and oxygen atoms in total. The zero-order valence-electron chi connectivity index (χ0n) is 18.8. The van der Waals surface area contributed by atoms with E-state index in [1.807, 2.05) is 13.0 Å². The van der Waals surface area contributed by atoms with E-state index in [0.29, 0.717) is 22.0 Å². The minimum atomic E-state index is -3.95. The van der Waals surface area contributed by atoms with E-state index in [0.717, 1.165) is 16.5 Å². The number of nitrogens with two attached hydrogens (primary N) is 1. The molecule has 0 saturated heterocycles. The standard InChI is InChI=1S/C11H15NO3S2.C8H11NO5S3/c1-6-4-9-10(12-8(3)13)5-7(2)17(14,15)11(9)16-6;1-4-2-6(10)5-3-7(17(9,13)14)15-8(5)16(4,11)12/h4,7,10H,5H2,1-3H3,(H,12,13);3-4,6,10H,2H2,1H3,(H2,9,13,14). The minimum Gasteiger partial charge on any atom is -0.388 e. The van der Waals surface area contributed by atoms with Gasteiger partial charge in [-0.15, -0.1) is 22.7 Å². The molecule has 2 aliphatic heterocycles. The first-order valence-corrected chi connectivity index (χ1v) is 16.4. The van der Waals surface area contributed by atoms with Gasteiger partial charge in [0.2, 0.25) is 15.9 Å². The number of amides is 1. The van der Waals surface area contributed by atoms with Crippen LogP contribution in [0.15, 0.2) is 24.8 Å². The number of rotatable bonds is 2. The normalized spacial score (nSPS) is 27.0. The summed E-state index contributed by atoms with van der Waals surface area (Å²) in [6.45, 7) is 6.51. The second-order valence-corrected chi connectivity index (χ2v) is 17.6. The summed E-state index contributed by atoms with van der Waals surface area (Å²) in [5, 5.41) is 16.4. The molecule has 15 heteroatoms. The van der Waals surface area contributed by atoms with Crippen LogP contribution in [0.1, 0.15) is 61.8 Å².